The van der Waals surface area contributed by atoms with Gasteiger partial charge in [0, 0.05) is 17.9 Å². The third-order valence-electron chi connectivity index (χ3n) is 4.01. The fourth-order valence-corrected chi connectivity index (χ4v) is 2.73. The summed E-state index contributed by atoms with van der Waals surface area (Å²) in [5.74, 6) is -0.166. The summed E-state index contributed by atoms with van der Waals surface area (Å²) in [6, 6.07) is 9.72. The summed E-state index contributed by atoms with van der Waals surface area (Å²) >= 11 is 0. The average Bonchev–Trinajstić information content (AvgIpc) is 2.92. The van der Waals surface area contributed by atoms with Crippen molar-refractivity contribution in [2.45, 2.75) is 39.2 Å². The number of likely N-dealkylation sites (tertiary alicyclic amines) is 1. The zero-order valence-electron chi connectivity index (χ0n) is 14.4. The minimum atomic E-state index is -0.565. The molecule has 0 aromatic heterocycles. The third-order valence-corrected chi connectivity index (χ3v) is 4.01. The zero-order chi connectivity index (χ0) is 17.6. The molecule has 1 aromatic carbocycles. The Labute approximate surface area is 143 Å². The zero-order valence-corrected chi connectivity index (χ0v) is 14.4. The highest BCUT2D eigenvalue weighted by Crippen LogP contribution is 2.24. The highest BCUT2D eigenvalue weighted by Gasteiger charge is 2.37. The summed E-state index contributed by atoms with van der Waals surface area (Å²) < 4.78 is 10.5. The van der Waals surface area contributed by atoms with Crippen molar-refractivity contribution < 1.29 is 19.1 Å². The van der Waals surface area contributed by atoms with Crippen LogP contribution in [0.15, 0.2) is 43.2 Å². The van der Waals surface area contributed by atoms with Crippen molar-refractivity contribution in [3.8, 4) is 0 Å². The van der Waals surface area contributed by atoms with Crippen LogP contribution < -0.4 is 0 Å². The second kappa shape index (κ2) is 7.99. The van der Waals surface area contributed by atoms with Gasteiger partial charge in [-0.3, -0.25) is 4.79 Å². The van der Waals surface area contributed by atoms with Crippen molar-refractivity contribution >= 4 is 12.0 Å². The molecule has 1 saturated heterocycles. The SMILES string of the molecule is C=COCC(C)(C)COC(=O)N1C(=O)CC[C@H]1Cc1ccccc1. The van der Waals surface area contributed by atoms with Gasteiger partial charge in [0.1, 0.15) is 6.61 Å². The van der Waals surface area contributed by atoms with Crippen molar-refractivity contribution in [1.82, 2.24) is 4.90 Å². The van der Waals surface area contributed by atoms with E-state index in [-0.39, 0.29) is 24.0 Å². The lowest BCUT2D eigenvalue weighted by Crippen LogP contribution is -2.41. The van der Waals surface area contributed by atoms with Gasteiger partial charge in [0.05, 0.1) is 12.9 Å². The molecule has 2 amide bonds. The van der Waals surface area contributed by atoms with Crippen LogP contribution in [0.2, 0.25) is 0 Å². The van der Waals surface area contributed by atoms with E-state index in [1.165, 1.54) is 11.2 Å². The molecule has 0 bridgehead atoms. The number of carbonyl (C=O) groups is 2. The van der Waals surface area contributed by atoms with Gasteiger partial charge >= 0.3 is 6.09 Å². The molecule has 0 N–H and O–H groups in total. The molecule has 1 atom stereocenters. The summed E-state index contributed by atoms with van der Waals surface area (Å²) in [5.41, 5.74) is 0.761. The smallest absolute Gasteiger partial charge is 0.416 e. The molecule has 2 rings (SSSR count). The number of benzene rings is 1. The topological polar surface area (TPSA) is 55.8 Å². The molecular formula is C19H25NO4. The first kappa shape index (κ1) is 18.0. The fourth-order valence-electron chi connectivity index (χ4n) is 2.73. The Morgan fingerprint density at radius 2 is 2.04 bits per heavy atom. The second-order valence-corrected chi connectivity index (χ2v) is 6.84. The lowest BCUT2D eigenvalue weighted by atomic mass is 9.96. The quantitative estimate of drug-likeness (QED) is 0.717. The molecule has 0 spiro atoms. The minimum absolute atomic E-state index is 0.139. The predicted molar refractivity (Wildman–Crippen MR) is 91.3 cm³/mol. The first-order chi connectivity index (χ1) is 11.4. The molecule has 24 heavy (non-hydrogen) atoms. The fraction of sp³-hybridized carbons (Fsp3) is 0.474. The monoisotopic (exact) mass is 331 g/mol. The third kappa shape index (κ3) is 4.85. The van der Waals surface area contributed by atoms with Gasteiger partial charge in [0.2, 0.25) is 5.91 Å². The molecule has 1 fully saturated rings. The van der Waals surface area contributed by atoms with E-state index >= 15 is 0 Å². The molecule has 1 aliphatic heterocycles. The van der Waals surface area contributed by atoms with E-state index in [4.69, 9.17) is 9.47 Å². The van der Waals surface area contributed by atoms with Gasteiger partial charge in [-0.15, -0.1) is 0 Å². The number of hydrogen-bond donors (Lipinski definition) is 0. The van der Waals surface area contributed by atoms with Gasteiger partial charge in [-0.05, 0) is 18.4 Å². The van der Waals surface area contributed by atoms with Crippen molar-refractivity contribution in [1.29, 1.82) is 0 Å². The molecule has 1 heterocycles. The summed E-state index contributed by atoms with van der Waals surface area (Å²) in [4.78, 5) is 25.8. The van der Waals surface area contributed by atoms with E-state index < -0.39 is 6.09 Å². The van der Waals surface area contributed by atoms with Crippen LogP contribution in [0.3, 0.4) is 0 Å². The Kier molecular flexibility index (Phi) is 6.01. The molecule has 5 heteroatoms. The first-order valence-electron chi connectivity index (χ1n) is 8.18. The van der Waals surface area contributed by atoms with E-state index in [0.29, 0.717) is 25.9 Å². The maximum Gasteiger partial charge on any atom is 0.416 e. The van der Waals surface area contributed by atoms with Crippen LogP contribution in [0.25, 0.3) is 0 Å². The lowest BCUT2D eigenvalue weighted by molar-refractivity contribution is -0.127. The first-order valence-corrected chi connectivity index (χ1v) is 8.18. The van der Waals surface area contributed by atoms with Crippen LogP contribution in [-0.4, -0.2) is 36.2 Å². The van der Waals surface area contributed by atoms with Crippen LogP contribution in [0.1, 0.15) is 32.3 Å². The number of nitrogens with zero attached hydrogens (tertiary/aromatic N) is 1. The van der Waals surface area contributed by atoms with Crippen molar-refractivity contribution in [2.24, 2.45) is 5.41 Å². The molecule has 1 aliphatic rings. The minimum Gasteiger partial charge on any atom is -0.501 e. The molecule has 130 valence electrons. The van der Waals surface area contributed by atoms with Crippen molar-refractivity contribution in [3.05, 3.63) is 48.7 Å². The van der Waals surface area contributed by atoms with E-state index in [0.717, 1.165) is 5.56 Å². The van der Waals surface area contributed by atoms with Crippen molar-refractivity contribution in [2.75, 3.05) is 13.2 Å². The second-order valence-electron chi connectivity index (χ2n) is 6.84. The van der Waals surface area contributed by atoms with Crippen LogP contribution in [0, 0.1) is 5.41 Å². The maximum absolute atomic E-state index is 12.4. The summed E-state index contributed by atoms with van der Waals surface area (Å²) in [6.07, 6.45) is 2.51. The van der Waals surface area contributed by atoms with Crippen LogP contribution in [-0.2, 0) is 20.7 Å². The van der Waals surface area contributed by atoms with Gasteiger partial charge in [-0.2, -0.15) is 0 Å². The Balaban J connectivity index is 1.95. The number of amides is 2. The molecule has 0 radical (unpaired) electrons. The summed E-state index contributed by atoms with van der Waals surface area (Å²) in [6.45, 7) is 7.93. The number of ether oxygens (including phenoxy) is 2. The van der Waals surface area contributed by atoms with Crippen LogP contribution >= 0.6 is 0 Å². The van der Waals surface area contributed by atoms with Gasteiger partial charge in [0.25, 0.3) is 0 Å². The van der Waals surface area contributed by atoms with E-state index in [1.807, 2.05) is 44.2 Å². The van der Waals surface area contributed by atoms with Crippen LogP contribution in [0.5, 0.6) is 0 Å². The van der Waals surface area contributed by atoms with Gasteiger partial charge in [-0.25, -0.2) is 9.69 Å². The number of imide groups is 1. The molecule has 5 nitrogen and oxygen atoms in total. The highest BCUT2D eigenvalue weighted by atomic mass is 16.6. The van der Waals surface area contributed by atoms with E-state index in [9.17, 15) is 9.59 Å². The Hall–Kier alpha value is -2.30. The van der Waals surface area contributed by atoms with Gasteiger partial charge in [0.15, 0.2) is 0 Å². The molecule has 1 aromatic rings. The van der Waals surface area contributed by atoms with Gasteiger partial charge in [-0.1, -0.05) is 50.8 Å². The van der Waals surface area contributed by atoms with Crippen LogP contribution in [0.4, 0.5) is 4.79 Å². The molecule has 0 unspecified atom stereocenters. The van der Waals surface area contributed by atoms with Gasteiger partial charge < -0.3 is 9.47 Å². The van der Waals surface area contributed by atoms with E-state index in [1.54, 1.807) is 0 Å². The summed E-state index contributed by atoms with van der Waals surface area (Å²) in [7, 11) is 0. The van der Waals surface area contributed by atoms with E-state index in [2.05, 4.69) is 6.58 Å². The normalized spacial score (nSPS) is 17.7. The maximum atomic E-state index is 12.4. The molecule has 0 saturated carbocycles. The number of hydrogen-bond acceptors (Lipinski definition) is 4. The highest BCUT2D eigenvalue weighted by molar-refractivity contribution is 5.94. The lowest BCUT2D eigenvalue weighted by Gasteiger charge is -2.27. The summed E-state index contributed by atoms with van der Waals surface area (Å²) in [5, 5.41) is 0. The predicted octanol–water partition coefficient (Wildman–Crippen LogP) is 3.54. The number of rotatable bonds is 7. The largest absolute Gasteiger partial charge is 0.501 e. The molecular weight excluding hydrogens is 306 g/mol. The standard InChI is InChI=1S/C19H25NO4/c1-4-23-13-19(2,3)14-24-18(22)20-16(10-11-17(20)21)12-15-8-6-5-7-9-15/h4-9,16H,1,10-14H2,2-3H3/t16-/m0/s1. The Morgan fingerprint density at radius 3 is 2.71 bits per heavy atom. The van der Waals surface area contributed by atoms with Crippen molar-refractivity contribution in [3.63, 3.8) is 0 Å². The average molecular weight is 331 g/mol. The molecule has 0 aliphatic carbocycles. The Morgan fingerprint density at radius 1 is 1.33 bits per heavy atom. The number of carbonyl (C=O) groups excluding carboxylic acids is 2. The Bertz CT molecular complexity index is 582.